The molecule has 2 aliphatic rings. The summed E-state index contributed by atoms with van der Waals surface area (Å²) in [5.74, 6) is 0. The molecule has 3 heteroatoms. The van der Waals surface area contributed by atoms with E-state index in [4.69, 9.17) is 4.74 Å². The molecule has 0 N–H and O–H groups in total. The Labute approximate surface area is 93.5 Å². The second kappa shape index (κ2) is 3.33. The molecule has 2 bridgehead atoms. The summed E-state index contributed by atoms with van der Waals surface area (Å²) < 4.78 is 5.81. The largest absolute Gasteiger partial charge is 0.373 e. The molecular weight excluding hydrogens is 206 g/mol. The Hall–Kier alpha value is -0.850. The van der Waals surface area contributed by atoms with Crippen molar-refractivity contribution in [2.75, 3.05) is 0 Å². The molecule has 0 saturated carbocycles. The van der Waals surface area contributed by atoms with Gasteiger partial charge in [-0.2, -0.15) is 5.26 Å². The van der Waals surface area contributed by atoms with Crippen molar-refractivity contribution in [3.8, 4) is 6.07 Å². The van der Waals surface area contributed by atoms with E-state index in [1.54, 1.807) is 11.3 Å². The van der Waals surface area contributed by atoms with Gasteiger partial charge in [-0.1, -0.05) is 6.07 Å². The molecule has 2 aliphatic heterocycles. The predicted octanol–water partition coefficient (Wildman–Crippen LogP) is 2.75. The van der Waals surface area contributed by atoms with E-state index in [0.29, 0.717) is 6.10 Å². The maximum atomic E-state index is 9.41. The van der Waals surface area contributed by atoms with E-state index < -0.39 is 0 Å². The molecule has 0 radical (unpaired) electrons. The third kappa shape index (κ3) is 1.40. The third-order valence-corrected chi connectivity index (χ3v) is 4.48. The van der Waals surface area contributed by atoms with E-state index in [1.165, 1.54) is 4.88 Å². The summed E-state index contributed by atoms with van der Waals surface area (Å²) in [6, 6.07) is 6.70. The van der Waals surface area contributed by atoms with Gasteiger partial charge >= 0.3 is 0 Å². The summed E-state index contributed by atoms with van der Waals surface area (Å²) in [5.41, 5.74) is -0.228. The molecule has 2 saturated heterocycles. The first-order chi connectivity index (χ1) is 7.32. The molecule has 0 aromatic carbocycles. The zero-order valence-corrected chi connectivity index (χ0v) is 9.30. The molecule has 1 aromatic rings. The second-order valence-corrected chi connectivity index (χ2v) is 5.58. The Morgan fingerprint density at radius 2 is 2.53 bits per heavy atom. The Kier molecular flexibility index (Phi) is 2.08. The molecule has 78 valence electrons. The predicted molar refractivity (Wildman–Crippen MR) is 58.6 cm³/mol. The monoisotopic (exact) mass is 219 g/mol. The van der Waals surface area contributed by atoms with E-state index in [-0.39, 0.29) is 11.5 Å². The molecule has 3 atom stereocenters. The maximum absolute atomic E-state index is 9.41. The van der Waals surface area contributed by atoms with E-state index >= 15 is 0 Å². The SMILES string of the molecule is N#CC1(Cc2cccs2)CC2CCC1O2. The van der Waals surface area contributed by atoms with Crippen LogP contribution in [0.3, 0.4) is 0 Å². The van der Waals surface area contributed by atoms with Gasteiger partial charge in [0, 0.05) is 11.3 Å². The van der Waals surface area contributed by atoms with E-state index in [0.717, 1.165) is 25.7 Å². The van der Waals surface area contributed by atoms with Crippen molar-refractivity contribution in [1.82, 2.24) is 0 Å². The van der Waals surface area contributed by atoms with Crippen molar-refractivity contribution in [3.63, 3.8) is 0 Å². The van der Waals surface area contributed by atoms with Gasteiger partial charge in [-0.3, -0.25) is 0 Å². The molecule has 2 fully saturated rings. The van der Waals surface area contributed by atoms with Crippen LogP contribution >= 0.6 is 11.3 Å². The Morgan fingerprint density at radius 3 is 3.07 bits per heavy atom. The highest BCUT2D eigenvalue weighted by Crippen LogP contribution is 2.49. The van der Waals surface area contributed by atoms with Gasteiger partial charge in [0.15, 0.2) is 0 Å². The standard InChI is InChI=1S/C12H13NOS/c13-8-12(7-10-2-1-5-15-10)6-9-3-4-11(12)14-9/h1-2,5,9,11H,3-4,6-7H2. The molecule has 3 rings (SSSR count). The fraction of sp³-hybridized carbons (Fsp3) is 0.583. The number of nitriles is 1. The van der Waals surface area contributed by atoms with E-state index in [2.05, 4.69) is 23.6 Å². The average molecular weight is 219 g/mol. The minimum atomic E-state index is -0.228. The van der Waals surface area contributed by atoms with Crippen LogP contribution in [-0.4, -0.2) is 12.2 Å². The number of hydrogen-bond acceptors (Lipinski definition) is 3. The number of ether oxygens (including phenoxy) is 1. The number of thiophene rings is 1. The summed E-state index contributed by atoms with van der Waals surface area (Å²) >= 11 is 1.74. The van der Waals surface area contributed by atoms with Crippen molar-refractivity contribution in [1.29, 1.82) is 5.26 Å². The van der Waals surface area contributed by atoms with Crippen molar-refractivity contribution in [3.05, 3.63) is 22.4 Å². The molecule has 1 aromatic heterocycles. The average Bonchev–Trinajstić information content (AvgIpc) is 2.93. The summed E-state index contributed by atoms with van der Waals surface area (Å²) in [6.07, 6.45) is 4.58. The van der Waals surface area contributed by atoms with Crippen molar-refractivity contribution >= 4 is 11.3 Å². The van der Waals surface area contributed by atoms with Crippen LogP contribution in [0.25, 0.3) is 0 Å². The van der Waals surface area contributed by atoms with Crippen LogP contribution in [-0.2, 0) is 11.2 Å². The van der Waals surface area contributed by atoms with Crippen LogP contribution in [0.5, 0.6) is 0 Å². The Balaban J connectivity index is 1.86. The lowest BCUT2D eigenvalue weighted by Gasteiger charge is -2.27. The molecular formula is C12H13NOS. The van der Waals surface area contributed by atoms with Crippen LogP contribution in [0.4, 0.5) is 0 Å². The Morgan fingerprint density at radius 1 is 1.60 bits per heavy atom. The highest BCUT2D eigenvalue weighted by atomic mass is 32.1. The molecule has 0 amide bonds. The minimum Gasteiger partial charge on any atom is -0.373 e. The van der Waals surface area contributed by atoms with Crippen molar-refractivity contribution in [2.24, 2.45) is 5.41 Å². The first kappa shape index (κ1) is 9.38. The van der Waals surface area contributed by atoms with Crippen molar-refractivity contribution in [2.45, 2.75) is 37.9 Å². The molecule has 0 spiro atoms. The van der Waals surface area contributed by atoms with Gasteiger partial charge in [0.05, 0.1) is 23.7 Å². The zero-order chi connectivity index (χ0) is 10.3. The first-order valence-corrected chi connectivity index (χ1v) is 6.29. The molecule has 0 aliphatic carbocycles. The lowest BCUT2D eigenvalue weighted by atomic mass is 9.72. The molecule has 15 heavy (non-hydrogen) atoms. The smallest absolute Gasteiger partial charge is 0.0907 e. The molecule has 3 unspecified atom stereocenters. The first-order valence-electron chi connectivity index (χ1n) is 5.41. The normalized spacial score (nSPS) is 38.1. The van der Waals surface area contributed by atoms with Gasteiger partial charge < -0.3 is 4.74 Å². The van der Waals surface area contributed by atoms with Gasteiger partial charge in [-0.05, 0) is 30.7 Å². The maximum Gasteiger partial charge on any atom is 0.0907 e. The fourth-order valence-electron chi connectivity index (χ4n) is 2.87. The van der Waals surface area contributed by atoms with Crippen molar-refractivity contribution < 1.29 is 4.74 Å². The number of fused-ring (bicyclic) bond motifs is 2. The van der Waals surface area contributed by atoms with Gasteiger partial charge in [-0.25, -0.2) is 0 Å². The lowest BCUT2D eigenvalue weighted by Crippen LogP contribution is -2.32. The summed E-state index contributed by atoms with van der Waals surface area (Å²) in [5, 5.41) is 11.5. The summed E-state index contributed by atoms with van der Waals surface area (Å²) in [7, 11) is 0. The van der Waals surface area contributed by atoms with Gasteiger partial charge in [0.1, 0.15) is 0 Å². The van der Waals surface area contributed by atoms with Crippen LogP contribution in [0.2, 0.25) is 0 Å². The quantitative estimate of drug-likeness (QED) is 0.766. The minimum absolute atomic E-state index is 0.189. The molecule has 3 heterocycles. The van der Waals surface area contributed by atoms with E-state index in [9.17, 15) is 5.26 Å². The summed E-state index contributed by atoms with van der Waals surface area (Å²) in [4.78, 5) is 1.31. The summed E-state index contributed by atoms with van der Waals surface area (Å²) in [6.45, 7) is 0. The van der Waals surface area contributed by atoms with Gasteiger partial charge in [-0.15, -0.1) is 11.3 Å². The number of rotatable bonds is 2. The highest BCUT2D eigenvalue weighted by Gasteiger charge is 2.52. The van der Waals surface area contributed by atoms with Crippen LogP contribution in [0.1, 0.15) is 24.1 Å². The highest BCUT2D eigenvalue weighted by molar-refractivity contribution is 7.09. The van der Waals surface area contributed by atoms with Crippen LogP contribution < -0.4 is 0 Å². The fourth-order valence-corrected chi connectivity index (χ4v) is 3.70. The number of nitrogens with zero attached hydrogens (tertiary/aromatic N) is 1. The topological polar surface area (TPSA) is 33.0 Å². The van der Waals surface area contributed by atoms with Crippen LogP contribution in [0.15, 0.2) is 17.5 Å². The van der Waals surface area contributed by atoms with Gasteiger partial charge in [0.2, 0.25) is 0 Å². The second-order valence-electron chi connectivity index (χ2n) is 4.55. The van der Waals surface area contributed by atoms with E-state index in [1.807, 2.05) is 0 Å². The van der Waals surface area contributed by atoms with Crippen LogP contribution in [0, 0.1) is 16.7 Å². The third-order valence-electron chi connectivity index (χ3n) is 3.61. The Bertz CT molecular complexity index is 394. The number of hydrogen-bond donors (Lipinski definition) is 0. The molecule has 2 nitrogen and oxygen atoms in total. The van der Waals surface area contributed by atoms with Gasteiger partial charge in [0.25, 0.3) is 0 Å². The zero-order valence-electron chi connectivity index (χ0n) is 8.48. The lowest BCUT2D eigenvalue weighted by molar-refractivity contribution is 0.0789.